The van der Waals surface area contributed by atoms with Crippen LogP contribution in [0.15, 0.2) is 40.4 Å². The molecule has 28 heavy (non-hydrogen) atoms. The van der Waals surface area contributed by atoms with Gasteiger partial charge in [0, 0.05) is 19.0 Å². The van der Waals surface area contributed by atoms with Gasteiger partial charge in [0.25, 0.3) is 5.91 Å². The summed E-state index contributed by atoms with van der Waals surface area (Å²) < 4.78 is 0. The van der Waals surface area contributed by atoms with Crippen LogP contribution in [0.5, 0.6) is 0 Å². The summed E-state index contributed by atoms with van der Waals surface area (Å²) in [5.41, 5.74) is 2.01. The lowest BCUT2D eigenvalue weighted by molar-refractivity contribution is -0.118. The van der Waals surface area contributed by atoms with E-state index >= 15 is 0 Å². The first-order valence-electron chi connectivity index (χ1n) is 8.65. The van der Waals surface area contributed by atoms with Crippen LogP contribution in [-0.4, -0.2) is 28.3 Å². The van der Waals surface area contributed by atoms with E-state index in [4.69, 9.17) is 0 Å². The SMILES string of the molecule is CCc1ccc(N=C2NC(=O)/C(=C/c3cnc(NC(=O)CCC=O)s3)S2)cc1. The number of aryl methyl sites for hydroxylation is 1. The van der Waals surface area contributed by atoms with Gasteiger partial charge in [-0.2, -0.15) is 0 Å². The first kappa shape index (κ1) is 20.0. The molecule has 7 nitrogen and oxygen atoms in total. The third-order valence-electron chi connectivity index (χ3n) is 3.76. The molecule has 0 aliphatic carbocycles. The lowest BCUT2D eigenvalue weighted by Gasteiger charge is -1.98. The van der Waals surface area contributed by atoms with E-state index in [1.165, 1.54) is 28.7 Å². The minimum atomic E-state index is -0.267. The lowest BCUT2D eigenvalue weighted by Crippen LogP contribution is -2.19. The number of benzene rings is 1. The summed E-state index contributed by atoms with van der Waals surface area (Å²) in [4.78, 5) is 43.9. The van der Waals surface area contributed by atoms with Crippen LogP contribution in [-0.2, 0) is 20.8 Å². The number of amides is 2. The van der Waals surface area contributed by atoms with Crippen molar-refractivity contribution in [3.05, 3.63) is 45.8 Å². The number of carbonyl (C=O) groups excluding carboxylic acids is 3. The Hall–Kier alpha value is -2.78. The van der Waals surface area contributed by atoms with Crippen molar-refractivity contribution in [3.63, 3.8) is 0 Å². The largest absolute Gasteiger partial charge is 0.303 e. The standard InChI is InChI=1S/C19H18N4O3S2/c1-2-12-5-7-13(8-6-12)21-19-23-17(26)15(28-19)10-14-11-20-18(27-14)22-16(25)4-3-9-24/h5-11H,2-4H2,1H3,(H,20,22,25)(H,21,23,26)/b15-10-. The van der Waals surface area contributed by atoms with Crippen LogP contribution in [0, 0.1) is 0 Å². The fourth-order valence-electron chi connectivity index (χ4n) is 2.32. The first-order valence-corrected chi connectivity index (χ1v) is 10.3. The molecule has 1 saturated heterocycles. The Morgan fingerprint density at radius 1 is 1.32 bits per heavy atom. The van der Waals surface area contributed by atoms with Crippen molar-refractivity contribution in [1.29, 1.82) is 0 Å². The van der Waals surface area contributed by atoms with E-state index in [2.05, 4.69) is 27.5 Å². The number of rotatable bonds is 7. The molecule has 2 N–H and O–H groups in total. The number of anilines is 1. The maximum Gasteiger partial charge on any atom is 0.264 e. The second-order valence-electron chi connectivity index (χ2n) is 5.82. The predicted molar refractivity (Wildman–Crippen MR) is 113 cm³/mol. The van der Waals surface area contributed by atoms with Crippen LogP contribution in [0.1, 0.15) is 30.2 Å². The first-order chi connectivity index (χ1) is 13.6. The lowest BCUT2D eigenvalue weighted by atomic mass is 10.2. The molecular weight excluding hydrogens is 396 g/mol. The van der Waals surface area contributed by atoms with Crippen molar-refractivity contribution in [2.24, 2.45) is 4.99 Å². The molecule has 0 spiro atoms. The van der Waals surface area contributed by atoms with Crippen molar-refractivity contribution < 1.29 is 14.4 Å². The maximum atomic E-state index is 12.2. The van der Waals surface area contributed by atoms with Crippen LogP contribution in [0.3, 0.4) is 0 Å². The van der Waals surface area contributed by atoms with Crippen molar-refractivity contribution >= 4 is 63.3 Å². The molecule has 0 saturated carbocycles. The van der Waals surface area contributed by atoms with Crippen LogP contribution in [0.25, 0.3) is 6.08 Å². The number of nitrogens with zero attached hydrogens (tertiary/aromatic N) is 2. The van der Waals surface area contributed by atoms with E-state index in [1.807, 2.05) is 24.3 Å². The Morgan fingerprint density at radius 3 is 2.82 bits per heavy atom. The fraction of sp³-hybridized carbons (Fsp3) is 0.211. The molecule has 144 valence electrons. The zero-order valence-electron chi connectivity index (χ0n) is 15.1. The second-order valence-corrected chi connectivity index (χ2v) is 7.92. The molecule has 0 unspecified atom stereocenters. The number of amidine groups is 1. The molecule has 2 aromatic rings. The van der Waals surface area contributed by atoms with Gasteiger partial charge in [0.1, 0.15) is 6.29 Å². The summed E-state index contributed by atoms with van der Waals surface area (Å²) in [5, 5.41) is 6.33. The van der Waals surface area contributed by atoms with E-state index < -0.39 is 0 Å². The molecule has 2 amide bonds. The highest BCUT2D eigenvalue weighted by molar-refractivity contribution is 8.18. The monoisotopic (exact) mass is 414 g/mol. The zero-order valence-corrected chi connectivity index (χ0v) is 16.7. The number of carbonyl (C=O) groups is 3. The fourth-order valence-corrected chi connectivity index (χ4v) is 4.00. The van der Waals surface area contributed by atoms with Gasteiger partial charge < -0.3 is 15.4 Å². The number of aldehydes is 1. The van der Waals surface area contributed by atoms with Gasteiger partial charge >= 0.3 is 0 Å². The van der Waals surface area contributed by atoms with Gasteiger partial charge in [-0.15, -0.1) is 0 Å². The number of nitrogens with one attached hydrogen (secondary N) is 2. The Morgan fingerprint density at radius 2 is 2.11 bits per heavy atom. The van der Waals surface area contributed by atoms with Crippen LogP contribution in [0.2, 0.25) is 0 Å². The number of hydrogen-bond donors (Lipinski definition) is 2. The van der Waals surface area contributed by atoms with E-state index in [9.17, 15) is 14.4 Å². The number of aromatic nitrogens is 1. The normalized spacial score (nSPS) is 16.4. The molecular formula is C19H18N4O3S2. The Labute approximate surface area is 170 Å². The summed E-state index contributed by atoms with van der Waals surface area (Å²) in [7, 11) is 0. The highest BCUT2D eigenvalue weighted by atomic mass is 32.2. The second kappa shape index (κ2) is 9.43. The molecule has 1 aliphatic rings. The summed E-state index contributed by atoms with van der Waals surface area (Å²) in [6.45, 7) is 2.09. The Kier molecular flexibility index (Phi) is 6.72. The van der Waals surface area contributed by atoms with E-state index in [0.29, 0.717) is 21.5 Å². The van der Waals surface area contributed by atoms with Gasteiger partial charge in [0.05, 0.1) is 15.5 Å². The molecule has 3 rings (SSSR count). The average Bonchev–Trinajstić information content (AvgIpc) is 3.27. The molecule has 9 heteroatoms. The smallest absolute Gasteiger partial charge is 0.264 e. The van der Waals surface area contributed by atoms with E-state index in [-0.39, 0.29) is 24.7 Å². The van der Waals surface area contributed by atoms with Crippen molar-refractivity contribution in [2.45, 2.75) is 26.2 Å². The quantitative estimate of drug-likeness (QED) is 0.533. The minimum absolute atomic E-state index is 0.122. The highest BCUT2D eigenvalue weighted by Gasteiger charge is 2.24. The Bertz CT molecular complexity index is 948. The van der Waals surface area contributed by atoms with Gasteiger partial charge in [0.15, 0.2) is 10.3 Å². The molecule has 0 atom stereocenters. The average molecular weight is 415 g/mol. The Balaban J connectivity index is 1.66. The number of thioether (sulfide) groups is 1. The van der Waals surface area contributed by atoms with E-state index in [0.717, 1.165) is 17.0 Å². The van der Waals surface area contributed by atoms with Gasteiger partial charge in [0.2, 0.25) is 5.91 Å². The number of aliphatic imine (C=N–C) groups is 1. The van der Waals surface area contributed by atoms with Crippen molar-refractivity contribution in [1.82, 2.24) is 10.3 Å². The maximum absolute atomic E-state index is 12.2. The van der Waals surface area contributed by atoms with Crippen LogP contribution >= 0.6 is 23.1 Å². The third kappa shape index (κ3) is 5.37. The van der Waals surface area contributed by atoms with E-state index in [1.54, 1.807) is 12.3 Å². The molecule has 0 bridgehead atoms. The molecule has 1 aliphatic heterocycles. The van der Waals surface area contributed by atoms with Gasteiger partial charge in [-0.05, 0) is 42.0 Å². The number of thiazole rings is 1. The summed E-state index contributed by atoms with van der Waals surface area (Å²) >= 11 is 2.51. The molecule has 1 fully saturated rings. The van der Waals surface area contributed by atoms with Crippen LogP contribution in [0.4, 0.5) is 10.8 Å². The minimum Gasteiger partial charge on any atom is -0.303 e. The van der Waals surface area contributed by atoms with Gasteiger partial charge in [-0.1, -0.05) is 30.4 Å². The van der Waals surface area contributed by atoms with Gasteiger partial charge in [-0.25, -0.2) is 9.98 Å². The third-order valence-corrected chi connectivity index (χ3v) is 5.53. The zero-order chi connectivity index (χ0) is 19.9. The molecule has 1 aromatic heterocycles. The molecule has 1 aromatic carbocycles. The topological polar surface area (TPSA) is 101 Å². The van der Waals surface area contributed by atoms with Crippen LogP contribution < -0.4 is 10.6 Å². The molecule has 2 heterocycles. The van der Waals surface area contributed by atoms with Crippen molar-refractivity contribution in [3.8, 4) is 0 Å². The summed E-state index contributed by atoms with van der Waals surface area (Å²) in [6.07, 6.45) is 5.25. The summed E-state index contributed by atoms with van der Waals surface area (Å²) in [6, 6.07) is 7.87. The number of hydrogen-bond acceptors (Lipinski definition) is 7. The predicted octanol–water partition coefficient (Wildman–Crippen LogP) is 3.51. The van der Waals surface area contributed by atoms with Gasteiger partial charge in [-0.3, -0.25) is 9.59 Å². The summed E-state index contributed by atoms with van der Waals surface area (Å²) in [5.74, 6) is -0.490. The van der Waals surface area contributed by atoms with Crippen molar-refractivity contribution in [2.75, 3.05) is 5.32 Å². The molecule has 0 radical (unpaired) electrons. The highest BCUT2D eigenvalue weighted by Crippen LogP contribution is 2.30.